The minimum absolute atomic E-state index is 0.123. The standard InChI is InChI=1S/C28H46BrN5O.C4H6B/c1-2-3-6-18-9-11-19(12-10-18)34-24-15-16-33(23-8-5-4-7-22(32-34)25(23)24)28(35)20-13-14-21(29)27-26(20)30-17-31-27;1-3-4(2)5/h2,18-27,30-32H,1,3-17H2;3H,1H2,2H3. The van der Waals surface area contributed by atoms with Crippen LogP contribution in [-0.2, 0) is 4.79 Å². The molecule has 3 saturated heterocycles. The van der Waals surface area contributed by atoms with E-state index in [0.717, 1.165) is 43.9 Å². The number of alkyl halides is 1. The topological polar surface area (TPSA) is 59.6 Å². The Morgan fingerprint density at radius 2 is 1.70 bits per heavy atom. The summed E-state index contributed by atoms with van der Waals surface area (Å²) >= 11 is 3.87. The molecule has 3 N–H and O–H groups in total. The molecule has 6 fully saturated rings. The van der Waals surface area contributed by atoms with Crippen molar-refractivity contribution in [1.82, 2.24) is 26.0 Å². The van der Waals surface area contributed by atoms with Gasteiger partial charge < -0.3 is 4.90 Å². The van der Waals surface area contributed by atoms with Crippen LogP contribution in [0.15, 0.2) is 25.3 Å². The number of fused-ring (bicyclic) bond motifs is 1. The van der Waals surface area contributed by atoms with E-state index in [-0.39, 0.29) is 12.0 Å². The van der Waals surface area contributed by atoms with E-state index >= 15 is 0 Å². The summed E-state index contributed by atoms with van der Waals surface area (Å²) in [7, 11) is 5.09. The number of nitrogens with one attached hydrogen (secondary N) is 3. The Hall–Kier alpha value is -0.795. The zero-order valence-electron chi connectivity index (χ0n) is 24.7. The molecule has 0 aromatic rings. The fraction of sp³-hybridized carbons (Fsp3) is 0.812. The summed E-state index contributed by atoms with van der Waals surface area (Å²) < 4.78 is 0. The molecule has 0 bridgehead atoms. The van der Waals surface area contributed by atoms with Crippen molar-refractivity contribution < 1.29 is 4.79 Å². The summed E-state index contributed by atoms with van der Waals surface area (Å²) in [5, 5.41) is 9.95. The predicted octanol–water partition coefficient (Wildman–Crippen LogP) is 4.45. The number of carbonyl (C=O) groups excluding carboxylic acids is 1. The number of carbonyl (C=O) groups is 1. The molecule has 0 aromatic heterocycles. The Balaban J connectivity index is 0.000000595. The van der Waals surface area contributed by atoms with E-state index in [1.807, 2.05) is 0 Å². The second kappa shape index (κ2) is 14.1. The molecular formula is C32H52BBrN5O. The number of amides is 1. The number of nitrogens with zero attached hydrogens (tertiary/aromatic N) is 2. The number of hydrazine groups is 1. The normalized spacial score (nSPS) is 41.1. The number of hydrogen-bond acceptors (Lipinski definition) is 5. The van der Waals surface area contributed by atoms with Crippen LogP contribution in [0.25, 0.3) is 0 Å². The Morgan fingerprint density at radius 1 is 0.975 bits per heavy atom. The van der Waals surface area contributed by atoms with Crippen molar-refractivity contribution >= 4 is 34.8 Å². The molecule has 0 spiro atoms. The van der Waals surface area contributed by atoms with Gasteiger partial charge in [-0.2, -0.15) is 0 Å². The number of rotatable bonds is 6. The first-order valence-corrected chi connectivity index (χ1v) is 17.1. The molecule has 3 heterocycles. The second-order valence-electron chi connectivity index (χ2n) is 13.3. The van der Waals surface area contributed by atoms with Crippen molar-refractivity contribution in [2.45, 2.75) is 131 Å². The van der Waals surface area contributed by atoms with E-state index in [4.69, 9.17) is 7.49 Å². The van der Waals surface area contributed by atoms with Gasteiger partial charge in [-0.05, 0) is 76.5 Å². The van der Waals surface area contributed by atoms with Crippen LogP contribution in [0.1, 0.15) is 90.4 Å². The maximum absolute atomic E-state index is 14.1. The third kappa shape index (κ3) is 6.56. The summed E-state index contributed by atoms with van der Waals surface area (Å²) in [4.78, 5) is 17.0. The number of allylic oxidation sites excluding steroid dienone is 2. The molecule has 0 aromatic carbocycles. The van der Waals surface area contributed by atoms with Crippen LogP contribution in [0.5, 0.6) is 0 Å². The van der Waals surface area contributed by atoms with E-state index < -0.39 is 0 Å². The van der Waals surface area contributed by atoms with Crippen LogP contribution in [0.2, 0.25) is 0 Å². The first-order valence-electron chi connectivity index (χ1n) is 16.2. The van der Waals surface area contributed by atoms with Crippen LogP contribution in [0.4, 0.5) is 0 Å². The number of halogens is 1. The van der Waals surface area contributed by atoms with Crippen molar-refractivity contribution in [2.75, 3.05) is 13.2 Å². The van der Waals surface area contributed by atoms with Crippen molar-refractivity contribution in [3.8, 4) is 0 Å². The fourth-order valence-corrected chi connectivity index (χ4v) is 9.63. The summed E-state index contributed by atoms with van der Waals surface area (Å²) in [5.41, 5.74) is 4.83. The van der Waals surface area contributed by atoms with E-state index in [1.54, 1.807) is 13.0 Å². The average Bonchev–Trinajstić information content (AvgIpc) is 3.55. The van der Waals surface area contributed by atoms with E-state index in [0.29, 0.717) is 46.9 Å². The second-order valence-corrected chi connectivity index (χ2v) is 14.5. The van der Waals surface area contributed by atoms with Gasteiger partial charge in [-0.3, -0.25) is 20.9 Å². The van der Waals surface area contributed by atoms with Gasteiger partial charge in [0.15, 0.2) is 0 Å². The van der Waals surface area contributed by atoms with Crippen LogP contribution in [0, 0.1) is 17.8 Å². The average molecular weight is 614 g/mol. The van der Waals surface area contributed by atoms with Gasteiger partial charge in [-0.15, -0.1) is 6.58 Å². The molecule has 6 rings (SSSR count). The van der Waals surface area contributed by atoms with Gasteiger partial charge in [0.25, 0.3) is 0 Å². The molecule has 6 nitrogen and oxygen atoms in total. The number of likely N-dealkylation sites (tertiary alicyclic amines) is 1. The van der Waals surface area contributed by atoms with Crippen LogP contribution in [-0.4, -0.2) is 83.1 Å². The molecule has 8 unspecified atom stereocenters. The number of piperidine rings is 1. The quantitative estimate of drug-likeness (QED) is 0.235. The zero-order valence-corrected chi connectivity index (χ0v) is 26.3. The minimum atomic E-state index is 0.123. The molecule has 3 aliphatic heterocycles. The van der Waals surface area contributed by atoms with E-state index in [1.165, 1.54) is 64.2 Å². The molecule has 40 heavy (non-hydrogen) atoms. The first-order chi connectivity index (χ1) is 19.4. The van der Waals surface area contributed by atoms with Gasteiger partial charge in [0, 0.05) is 60.2 Å². The maximum atomic E-state index is 14.1. The van der Waals surface area contributed by atoms with Gasteiger partial charge in [0.1, 0.15) is 0 Å². The molecule has 8 atom stereocenters. The van der Waals surface area contributed by atoms with Crippen LogP contribution >= 0.6 is 15.9 Å². The molecule has 6 aliphatic rings. The van der Waals surface area contributed by atoms with Gasteiger partial charge >= 0.3 is 32.5 Å². The monoisotopic (exact) mass is 612 g/mol. The predicted molar refractivity (Wildman–Crippen MR) is 171 cm³/mol. The summed E-state index contributed by atoms with van der Waals surface area (Å²) in [5.74, 6) is 2.06. The van der Waals surface area contributed by atoms with Gasteiger partial charge in [-0.1, -0.05) is 34.8 Å². The van der Waals surface area contributed by atoms with Crippen molar-refractivity contribution in [3.05, 3.63) is 25.3 Å². The third-order valence-electron chi connectivity index (χ3n) is 10.9. The molecular weight excluding hydrogens is 561 g/mol. The molecule has 221 valence electrons. The first kappa shape index (κ1) is 30.7. The Kier molecular flexibility index (Phi) is 10.8. The fourth-order valence-electron chi connectivity index (χ4n) is 8.85. The third-order valence-corrected chi connectivity index (χ3v) is 11.9. The van der Waals surface area contributed by atoms with Crippen molar-refractivity contribution in [1.29, 1.82) is 0 Å². The van der Waals surface area contributed by atoms with Crippen molar-refractivity contribution in [3.63, 3.8) is 0 Å². The molecule has 1 radical (unpaired) electrons. The Bertz CT molecular complexity index is 910. The Morgan fingerprint density at radius 3 is 2.42 bits per heavy atom. The molecule has 8 heteroatoms. The number of hydrogen-bond donors (Lipinski definition) is 3. The van der Waals surface area contributed by atoms with Crippen LogP contribution < -0.4 is 16.1 Å². The van der Waals surface area contributed by atoms with E-state index in [2.05, 4.69) is 61.1 Å². The van der Waals surface area contributed by atoms with Crippen LogP contribution in [0.3, 0.4) is 0 Å². The molecule has 3 saturated carbocycles. The summed E-state index contributed by atoms with van der Waals surface area (Å²) in [6.07, 6.45) is 19.8. The molecule has 3 aliphatic carbocycles. The van der Waals surface area contributed by atoms with E-state index in [9.17, 15) is 4.79 Å². The Labute approximate surface area is 252 Å². The SMILES string of the molecule is C=CCCC1CCC(N2NC3CCCCC4C3C2CCN4C(=O)C2CCC(Br)C3NCNC23)CC1.[B]=C(C)C=C. The van der Waals surface area contributed by atoms with Gasteiger partial charge in [0.05, 0.1) is 5.92 Å². The van der Waals surface area contributed by atoms with Gasteiger partial charge in [-0.25, -0.2) is 5.01 Å². The van der Waals surface area contributed by atoms with Crippen molar-refractivity contribution in [2.24, 2.45) is 17.8 Å². The van der Waals surface area contributed by atoms with Gasteiger partial charge in [0.2, 0.25) is 5.91 Å². The summed E-state index contributed by atoms with van der Waals surface area (Å²) in [6.45, 7) is 10.9. The summed E-state index contributed by atoms with van der Waals surface area (Å²) in [6, 6.07) is 2.91. The molecule has 1 amide bonds. The zero-order chi connectivity index (χ0) is 28.2.